The number of nitrogen functional groups attached to an aromatic ring is 1. The average Bonchev–Trinajstić information content (AvgIpc) is 2.51. The molecule has 0 aliphatic heterocycles. The fraction of sp³-hybridized carbons (Fsp3) is 0.182. The number of rotatable bonds is 1. The van der Waals surface area contributed by atoms with E-state index in [-0.39, 0.29) is 11.1 Å². The first-order valence-electron chi connectivity index (χ1n) is 4.68. The first-order valence-corrected chi connectivity index (χ1v) is 5.49. The van der Waals surface area contributed by atoms with Crippen molar-refractivity contribution in [2.24, 2.45) is 0 Å². The zero-order chi connectivity index (χ0) is 11.9. The van der Waals surface area contributed by atoms with Gasteiger partial charge in [-0.2, -0.15) is 0 Å². The molecule has 1 heterocycles. The van der Waals surface area contributed by atoms with Gasteiger partial charge in [0.25, 0.3) is 0 Å². The lowest BCUT2D eigenvalue weighted by Gasteiger charge is -2.03. The summed E-state index contributed by atoms with van der Waals surface area (Å²) in [4.78, 5) is 4.78. The van der Waals surface area contributed by atoms with Gasteiger partial charge in [0.15, 0.2) is 5.13 Å². The van der Waals surface area contributed by atoms with Crippen LogP contribution in [0.3, 0.4) is 0 Å². The highest BCUT2D eigenvalue weighted by molar-refractivity contribution is 7.15. The van der Waals surface area contributed by atoms with Crippen LogP contribution in [0.4, 0.5) is 13.9 Å². The summed E-state index contributed by atoms with van der Waals surface area (Å²) in [7, 11) is 0. The van der Waals surface area contributed by atoms with Crippen molar-refractivity contribution in [3.8, 4) is 11.3 Å². The highest BCUT2D eigenvalue weighted by Crippen LogP contribution is 2.31. The van der Waals surface area contributed by atoms with E-state index in [1.54, 1.807) is 6.92 Å². The highest BCUT2D eigenvalue weighted by atomic mass is 32.1. The minimum atomic E-state index is -0.479. The second kappa shape index (κ2) is 3.83. The zero-order valence-corrected chi connectivity index (χ0v) is 9.66. The molecule has 5 heteroatoms. The van der Waals surface area contributed by atoms with Crippen LogP contribution in [-0.4, -0.2) is 4.98 Å². The standard InChI is InChI=1S/C11H10F2N2S/c1-5-3-9(13)7(4-8(5)12)10-6(2)16-11(14)15-10/h3-4H,1-2H3,(H2,14,15). The lowest BCUT2D eigenvalue weighted by atomic mass is 10.1. The lowest BCUT2D eigenvalue weighted by Crippen LogP contribution is -1.92. The Morgan fingerprint density at radius 2 is 1.88 bits per heavy atom. The molecule has 0 spiro atoms. The van der Waals surface area contributed by atoms with E-state index >= 15 is 0 Å². The number of benzene rings is 1. The van der Waals surface area contributed by atoms with Gasteiger partial charge >= 0.3 is 0 Å². The fourth-order valence-corrected chi connectivity index (χ4v) is 2.20. The molecule has 1 aromatic heterocycles. The number of hydrogen-bond acceptors (Lipinski definition) is 3. The molecule has 2 rings (SSSR count). The molecule has 0 aliphatic rings. The van der Waals surface area contributed by atoms with Gasteiger partial charge in [0.1, 0.15) is 11.6 Å². The smallest absolute Gasteiger partial charge is 0.180 e. The second-order valence-electron chi connectivity index (χ2n) is 3.54. The summed E-state index contributed by atoms with van der Waals surface area (Å²) in [6, 6.07) is 2.33. The number of nitrogens with two attached hydrogens (primary N) is 1. The Morgan fingerprint density at radius 3 is 2.44 bits per heavy atom. The Hall–Kier alpha value is -1.49. The molecule has 0 saturated heterocycles. The van der Waals surface area contributed by atoms with Crippen molar-refractivity contribution in [2.45, 2.75) is 13.8 Å². The summed E-state index contributed by atoms with van der Waals surface area (Å²) >= 11 is 1.26. The molecule has 2 N–H and O–H groups in total. The number of anilines is 1. The van der Waals surface area contributed by atoms with E-state index in [0.717, 1.165) is 10.9 Å². The minimum Gasteiger partial charge on any atom is -0.375 e. The molecule has 2 nitrogen and oxygen atoms in total. The van der Waals surface area contributed by atoms with Crippen LogP contribution in [0.5, 0.6) is 0 Å². The molecule has 0 bridgehead atoms. The summed E-state index contributed by atoms with van der Waals surface area (Å²) in [6.45, 7) is 3.30. The SMILES string of the molecule is Cc1cc(F)c(-c2nc(N)sc2C)cc1F. The van der Waals surface area contributed by atoms with Crippen molar-refractivity contribution in [3.63, 3.8) is 0 Å². The Labute approximate surface area is 95.7 Å². The van der Waals surface area contributed by atoms with Crippen LogP contribution in [0.15, 0.2) is 12.1 Å². The molecule has 0 fully saturated rings. The Kier molecular flexibility index (Phi) is 2.63. The van der Waals surface area contributed by atoms with Gasteiger partial charge in [-0.3, -0.25) is 0 Å². The average molecular weight is 240 g/mol. The molecule has 2 aromatic rings. The van der Waals surface area contributed by atoms with E-state index in [1.807, 2.05) is 0 Å². The third-order valence-electron chi connectivity index (χ3n) is 2.32. The van der Waals surface area contributed by atoms with Crippen molar-refractivity contribution in [1.82, 2.24) is 4.98 Å². The molecule has 0 aliphatic carbocycles. The molecular weight excluding hydrogens is 230 g/mol. The van der Waals surface area contributed by atoms with E-state index in [2.05, 4.69) is 4.98 Å². The van der Waals surface area contributed by atoms with Crippen LogP contribution in [0, 0.1) is 25.5 Å². The third-order valence-corrected chi connectivity index (χ3v) is 3.12. The highest BCUT2D eigenvalue weighted by Gasteiger charge is 2.14. The monoisotopic (exact) mass is 240 g/mol. The third kappa shape index (κ3) is 1.78. The van der Waals surface area contributed by atoms with Crippen LogP contribution in [-0.2, 0) is 0 Å². The van der Waals surface area contributed by atoms with Gasteiger partial charge in [-0.1, -0.05) is 0 Å². The molecule has 0 atom stereocenters. The van der Waals surface area contributed by atoms with Crippen LogP contribution in [0.25, 0.3) is 11.3 Å². The maximum absolute atomic E-state index is 13.7. The first-order chi connectivity index (χ1) is 7.49. The van der Waals surface area contributed by atoms with Crippen molar-refractivity contribution in [2.75, 3.05) is 5.73 Å². The maximum Gasteiger partial charge on any atom is 0.180 e. The molecule has 0 amide bonds. The number of aryl methyl sites for hydroxylation is 2. The quantitative estimate of drug-likeness (QED) is 0.830. The molecule has 1 aromatic carbocycles. The number of thiazole rings is 1. The van der Waals surface area contributed by atoms with Crippen molar-refractivity contribution in [1.29, 1.82) is 0 Å². The number of halogens is 2. The van der Waals surface area contributed by atoms with E-state index in [9.17, 15) is 8.78 Å². The van der Waals surface area contributed by atoms with Crippen LogP contribution in [0.2, 0.25) is 0 Å². The van der Waals surface area contributed by atoms with Gasteiger partial charge in [0.05, 0.1) is 5.69 Å². The van der Waals surface area contributed by atoms with E-state index in [0.29, 0.717) is 10.8 Å². The molecule has 16 heavy (non-hydrogen) atoms. The summed E-state index contributed by atoms with van der Waals surface area (Å²) in [6.07, 6.45) is 0. The van der Waals surface area contributed by atoms with Gasteiger partial charge < -0.3 is 5.73 Å². The molecular formula is C11H10F2N2S. The Bertz CT molecular complexity index is 549. The molecule has 0 unspecified atom stereocenters. The predicted octanol–water partition coefficient (Wildman–Crippen LogP) is 3.29. The number of nitrogens with zero attached hydrogens (tertiary/aromatic N) is 1. The van der Waals surface area contributed by atoms with E-state index in [4.69, 9.17) is 5.73 Å². The Balaban J connectivity index is 2.64. The summed E-state index contributed by atoms with van der Waals surface area (Å²) < 4.78 is 27.0. The second-order valence-corrected chi connectivity index (χ2v) is 4.77. The predicted molar refractivity (Wildman–Crippen MR) is 61.4 cm³/mol. The topological polar surface area (TPSA) is 38.9 Å². The van der Waals surface area contributed by atoms with Gasteiger partial charge in [-0.05, 0) is 31.5 Å². The Morgan fingerprint density at radius 1 is 1.19 bits per heavy atom. The summed E-state index contributed by atoms with van der Waals surface area (Å²) in [5.74, 6) is -0.922. The summed E-state index contributed by atoms with van der Waals surface area (Å²) in [5.41, 5.74) is 6.38. The van der Waals surface area contributed by atoms with Crippen LogP contribution >= 0.6 is 11.3 Å². The van der Waals surface area contributed by atoms with Crippen LogP contribution < -0.4 is 5.73 Å². The van der Waals surface area contributed by atoms with E-state index < -0.39 is 11.6 Å². The minimum absolute atomic E-state index is 0.161. The van der Waals surface area contributed by atoms with Gasteiger partial charge in [0.2, 0.25) is 0 Å². The van der Waals surface area contributed by atoms with Gasteiger partial charge in [0, 0.05) is 10.4 Å². The zero-order valence-electron chi connectivity index (χ0n) is 8.84. The molecule has 84 valence electrons. The van der Waals surface area contributed by atoms with Crippen molar-refractivity contribution < 1.29 is 8.78 Å². The summed E-state index contributed by atoms with van der Waals surface area (Å²) in [5, 5.41) is 0.355. The van der Waals surface area contributed by atoms with Crippen molar-refractivity contribution >= 4 is 16.5 Å². The largest absolute Gasteiger partial charge is 0.375 e. The number of hydrogen-bond donors (Lipinski definition) is 1. The first kappa shape index (κ1) is 11.0. The van der Waals surface area contributed by atoms with Gasteiger partial charge in [-0.25, -0.2) is 13.8 Å². The molecule has 0 radical (unpaired) electrons. The maximum atomic E-state index is 13.7. The van der Waals surface area contributed by atoms with Gasteiger partial charge in [-0.15, -0.1) is 11.3 Å². The van der Waals surface area contributed by atoms with Crippen LogP contribution in [0.1, 0.15) is 10.4 Å². The van der Waals surface area contributed by atoms with E-state index in [1.165, 1.54) is 24.3 Å². The normalized spacial score (nSPS) is 10.8. The van der Waals surface area contributed by atoms with Crippen molar-refractivity contribution in [3.05, 3.63) is 34.2 Å². The number of aromatic nitrogens is 1. The lowest BCUT2D eigenvalue weighted by molar-refractivity contribution is 0.595. The fourth-order valence-electron chi connectivity index (χ4n) is 1.49. The molecule has 0 saturated carbocycles.